The predicted molar refractivity (Wildman–Crippen MR) is 83.2 cm³/mol. The Kier molecular flexibility index (Phi) is 7.52. The highest BCUT2D eigenvalue weighted by Gasteiger charge is 2.14. The van der Waals surface area contributed by atoms with E-state index in [0.717, 1.165) is 17.5 Å². The number of ether oxygens (including phenoxy) is 1. The Morgan fingerprint density at radius 1 is 1.43 bits per heavy atom. The van der Waals surface area contributed by atoms with Gasteiger partial charge in [0.05, 0.1) is 6.61 Å². The number of rotatable bonds is 6. The van der Waals surface area contributed by atoms with Crippen LogP contribution in [0.2, 0.25) is 0 Å². The lowest BCUT2D eigenvalue weighted by Gasteiger charge is -2.18. The highest BCUT2D eigenvalue weighted by atomic mass is 16.5. The van der Waals surface area contributed by atoms with Crippen LogP contribution in [0.5, 0.6) is 0 Å². The van der Waals surface area contributed by atoms with Crippen molar-refractivity contribution in [2.24, 2.45) is 0 Å². The zero-order chi connectivity index (χ0) is 15.7. The normalized spacial score (nSPS) is 9.90. The molecule has 4 heteroatoms. The highest BCUT2D eigenvalue weighted by Crippen LogP contribution is 2.15. The molecule has 0 bridgehead atoms. The summed E-state index contributed by atoms with van der Waals surface area (Å²) < 4.78 is 5.00. The molecule has 1 amide bonds. The van der Waals surface area contributed by atoms with Gasteiger partial charge in [-0.15, -0.1) is 0 Å². The number of hydrogen-bond donors (Lipinski definition) is 1. The van der Waals surface area contributed by atoms with Crippen LogP contribution in [0.15, 0.2) is 18.2 Å². The zero-order valence-electron chi connectivity index (χ0n) is 13.0. The molecule has 0 aromatic heterocycles. The second kappa shape index (κ2) is 9.17. The SMILES string of the molecule is COCCCN(C)C(=O)c1cccc(C#CCCO)c1C. The van der Waals surface area contributed by atoms with E-state index < -0.39 is 0 Å². The molecule has 0 radical (unpaired) electrons. The molecule has 4 nitrogen and oxygen atoms in total. The standard InChI is InChI=1S/C17H23NO3/c1-14-15(8-4-5-12-19)9-6-10-16(14)17(20)18(2)11-7-13-21-3/h6,9-10,19H,5,7,11-13H2,1-3H3. The summed E-state index contributed by atoms with van der Waals surface area (Å²) >= 11 is 0. The number of benzene rings is 1. The predicted octanol–water partition coefficient (Wildman–Crippen LogP) is 1.84. The summed E-state index contributed by atoms with van der Waals surface area (Å²) in [6.07, 6.45) is 1.25. The van der Waals surface area contributed by atoms with Crippen LogP contribution in [0, 0.1) is 18.8 Å². The van der Waals surface area contributed by atoms with Gasteiger partial charge in [0.1, 0.15) is 0 Å². The van der Waals surface area contributed by atoms with Gasteiger partial charge in [-0.25, -0.2) is 0 Å². The topological polar surface area (TPSA) is 49.8 Å². The Labute approximate surface area is 126 Å². The van der Waals surface area contributed by atoms with Crippen LogP contribution in [-0.2, 0) is 4.74 Å². The number of methoxy groups -OCH3 is 1. The van der Waals surface area contributed by atoms with E-state index >= 15 is 0 Å². The van der Waals surface area contributed by atoms with Gasteiger partial charge in [0.2, 0.25) is 0 Å². The number of amides is 1. The molecule has 0 saturated heterocycles. The van der Waals surface area contributed by atoms with E-state index in [9.17, 15) is 4.79 Å². The first-order valence-corrected chi connectivity index (χ1v) is 7.05. The summed E-state index contributed by atoms with van der Waals surface area (Å²) in [6, 6.07) is 5.55. The molecular weight excluding hydrogens is 266 g/mol. The molecule has 0 aliphatic rings. The summed E-state index contributed by atoms with van der Waals surface area (Å²) in [5, 5.41) is 8.76. The molecule has 1 N–H and O–H groups in total. The smallest absolute Gasteiger partial charge is 0.253 e. The average molecular weight is 289 g/mol. The van der Waals surface area contributed by atoms with E-state index in [-0.39, 0.29) is 12.5 Å². The third-order valence-corrected chi connectivity index (χ3v) is 3.21. The third kappa shape index (κ3) is 5.22. The fourth-order valence-corrected chi connectivity index (χ4v) is 1.97. The Morgan fingerprint density at radius 2 is 2.19 bits per heavy atom. The van der Waals surface area contributed by atoms with Crippen molar-refractivity contribution in [3.05, 3.63) is 34.9 Å². The summed E-state index contributed by atoms with van der Waals surface area (Å²) in [4.78, 5) is 14.1. The summed E-state index contributed by atoms with van der Waals surface area (Å²) in [7, 11) is 3.45. The van der Waals surface area contributed by atoms with Gasteiger partial charge in [-0.2, -0.15) is 0 Å². The minimum absolute atomic E-state index is 0.00517. The molecular formula is C17H23NO3. The van der Waals surface area contributed by atoms with Crippen LogP contribution in [0.25, 0.3) is 0 Å². The van der Waals surface area contributed by atoms with Gasteiger partial charge < -0.3 is 14.7 Å². The van der Waals surface area contributed by atoms with Crippen molar-refractivity contribution >= 4 is 5.91 Å². The number of carbonyl (C=O) groups is 1. The molecule has 0 spiro atoms. The van der Waals surface area contributed by atoms with Gasteiger partial charge >= 0.3 is 0 Å². The maximum atomic E-state index is 12.4. The van der Waals surface area contributed by atoms with Gasteiger partial charge in [-0.1, -0.05) is 17.9 Å². The van der Waals surface area contributed by atoms with E-state index in [4.69, 9.17) is 9.84 Å². The molecule has 0 heterocycles. The van der Waals surface area contributed by atoms with Gasteiger partial charge in [-0.05, 0) is 31.0 Å². The van der Waals surface area contributed by atoms with Gasteiger partial charge in [0, 0.05) is 44.9 Å². The lowest BCUT2D eigenvalue weighted by atomic mass is 10.0. The Bertz CT molecular complexity index is 529. The average Bonchev–Trinajstić information content (AvgIpc) is 2.48. The minimum atomic E-state index is -0.00517. The largest absolute Gasteiger partial charge is 0.395 e. The van der Waals surface area contributed by atoms with Crippen molar-refractivity contribution in [2.45, 2.75) is 19.8 Å². The van der Waals surface area contributed by atoms with Crippen LogP contribution in [-0.4, -0.2) is 49.8 Å². The fraction of sp³-hybridized carbons (Fsp3) is 0.471. The maximum Gasteiger partial charge on any atom is 0.253 e. The van der Waals surface area contributed by atoms with Crippen molar-refractivity contribution < 1.29 is 14.6 Å². The molecule has 1 aromatic carbocycles. The van der Waals surface area contributed by atoms with Crippen molar-refractivity contribution in [1.82, 2.24) is 4.90 Å². The molecule has 114 valence electrons. The van der Waals surface area contributed by atoms with Crippen LogP contribution < -0.4 is 0 Å². The zero-order valence-corrected chi connectivity index (χ0v) is 13.0. The van der Waals surface area contributed by atoms with Crippen molar-refractivity contribution in [2.75, 3.05) is 33.9 Å². The lowest BCUT2D eigenvalue weighted by Crippen LogP contribution is -2.29. The monoisotopic (exact) mass is 289 g/mol. The third-order valence-electron chi connectivity index (χ3n) is 3.21. The first kappa shape index (κ1) is 17.2. The van der Waals surface area contributed by atoms with E-state index in [1.807, 2.05) is 25.1 Å². The Morgan fingerprint density at radius 3 is 2.86 bits per heavy atom. The first-order valence-electron chi connectivity index (χ1n) is 7.05. The quantitative estimate of drug-likeness (QED) is 0.642. The van der Waals surface area contributed by atoms with E-state index in [1.165, 1.54) is 0 Å². The van der Waals surface area contributed by atoms with Crippen LogP contribution in [0.1, 0.15) is 34.3 Å². The number of nitrogens with zero attached hydrogens (tertiary/aromatic N) is 1. The summed E-state index contributed by atoms with van der Waals surface area (Å²) in [6.45, 7) is 3.25. The summed E-state index contributed by atoms with van der Waals surface area (Å²) in [5.74, 6) is 5.88. The Balaban J connectivity index is 2.85. The molecule has 21 heavy (non-hydrogen) atoms. The number of hydrogen-bond acceptors (Lipinski definition) is 3. The molecule has 0 saturated carbocycles. The number of aliphatic hydroxyl groups is 1. The second-order valence-electron chi connectivity index (χ2n) is 4.83. The van der Waals surface area contributed by atoms with Crippen LogP contribution in [0.3, 0.4) is 0 Å². The number of carbonyl (C=O) groups excluding carboxylic acids is 1. The molecule has 0 fully saturated rings. The summed E-state index contributed by atoms with van der Waals surface area (Å²) in [5.41, 5.74) is 2.39. The van der Waals surface area contributed by atoms with Gasteiger partial charge in [-0.3, -0.25) is 4.79 Å². The fourth-order valence-electron chi connectivity index (χ4n) is 1.97. The van der Waals surface area contributed by atoms with E-state index in [0.29, 0.717) is 25.1 Å². The molecule has 1 aromatic rings. The van der Waals surface area contributed by atoms with Crippen LogP contribution in [0.4, 0.5) is 0 Å². The number of aliphatic hydroxyl groups excluding tert-OH is 1. The molecule has 1 rings (SSSR count). The Hall–Kier alpha value is -1.83. The van der Waals surface area contributed by atoms with Gasteiger partial charge in [0.15, 0.2) is 0 Å². The maximum absolute atomic E-state index is 12.4. The first-order chi connectivity index (χ1) is 10.1. The highest BCUT2D eigenvalue weighted by molar-refractivity contribution is 5.96. The minimum Gasteiger partial charge on any atom is -0.395 e. The molecule has 0 atom stereocenters. The van der Waals surface area contributed by atoms with Crippen molar-refractivity contribution in [3.8, 4) is 11.8 Å². The van der Waals surface area contributed by atoms with E-state index in [2.05, 4.69) is 11.8 Å². The van der Waals surface area contributed by atoms with Gasteiger partial charge in [0.25, 0.3) is 5.91 Å². The lowest BCUT2D eigenvalue weighted by molar-refractivity contribution is 0.0778. The second-order valence-corrected chi connectivity index (χ2v) is 4.83. The van der Waals surface area contributed by atoms with Crippen LogP contribution >= 0.6 is 0 Å². The van der Waals surface area contributed by atoms with Crippen molar-refractivity contribution in [3.63, 3.8) is 0 Å². The molecule has 0 aliphatic carbocycles. The molecule has 0 unspecified atom stereocenters. The van der Waals surface area contributed by atoms with E-state index in [1.54, 1.807) is 19.1 Å². The molecule has 0 aliphatic heterocycles. The van der Waals surface area contributed by atoms with Crippen molar-refractivity contribution in [1.29, 1.82) is 0 Å².